The quantitative estimate of drug-likeness (QED) is 0.536. The van der Waals surface area contributed by atoms with E-state index < -0.39 is 18.3 Å². The Hall–Kier alpha value is -2.36. The van der Waals surface area contributed by atoms with E-state index in [1.54, 1.807) is 24.1 Å². The highest BCUT2D eigenvalue weighted by Crippen LogP contribution is 2.54. The topological polar surface area (TPSA) is 42.3 Å². The molecule has 0 bridgehead atoms. The van der Waals surface area contributed by atoms with Crippen LogP contribution in [-0.2, 0) is 29.9 Å². The van der Waals surface area contributed by atoms with Gasteiger partial charge in [0.15, 0.2) is 0 Å². The van der Waals surface area contributed by atoms with Gasteiger partial charge in [-0.15, -0.1) is 7.53 Å². The van der Waals surface area contributed by atoms with Gasteiger partial charge in [-0.2, -0.15) is 0 Å². The lowest BCUT2D eigenvalue weighted by atomic mass is 9.83. The first-order chi connectivity index (χ1) is 16.1. The van der Waals surface area contributed by atoms with E-state index in [0.717, 1.165) is 9.85 Å². The Bertz CT molecular complexity index is 1540. The highest BCUT2D eigenvalue weighted by atomic mass is 32.2. The summed E-state index contributed by atoms with van der Waals surface area (Å²) in [4.78, 5) is 15.3. The van der Waals surface area contributed by atoms with E-state index >= 15 is 0 Å². The lowest BCUT2D eigenvalue weighted by Gasteiger charge is -2.32. The molecule has 34 heavy (non-hydrogen) atoms. The maximum Gasteiger partial charge on any atom is 0.258 e. The normalized spacial score (nSPS) is 21.1. The second-order valence-corrected chi connectivity index (χ2v) is 14.0. The third-order valence-electron chi connectivity index (χ3n) is 7.74. The number of allylic oxidation sites excluding steroid dienone is 2. The minimum absolute atomic E-state index is 0.0223. The first-order valence-electron chi connectivity index (χ1n) is 11.9. The lowest BCUT2D eigenvalue weighted by molar-refractivity contribution is 0.586. The Morgan fingerprint density at radius 3 is 2.56 bits per heavy atom. The molecule has 3 heterocycles. The zero-order valence-electron chi connectivity index (χ0n) is 20.7. The van der Waals surface area contributed by atoms with Gasteiger partial charge in [0.05, 0.1) is 15.4 Å². The Balaban J connectivity index is 1.76. The minimum Gasteiger partial charge on any atom is -0.341 e. The van der Waals surface area contributed by atoms with Crippen LogP contribution in [0.4, 0.5) is 5.69 Å². The van der Waals surface area contributed by atoms with Crippen LogP contribution in [0.3, 0.4) is 0 Å². The molecule has 1 aliphatic heterocycles. The van der Waals surface area contributed by atoms with Crippen molar-refractivity contribution in [1.29, 1.82) is 0 Å². The number of anilines is 1. The number of hydrogen-bond donors (Lipinski definition) is 0. The largest absolute Gasteiger partial charge is 0.341 e. The van der Waals surface area contributed by atoms with Crippen LogP contribution in [0, 0.1) is 0 Å². The summed E-state index contributed by atoms with van der Waals surface area (Å²) >= 11 is 0. The molecular weight excluding hydrogens is 459 g/mol. The molecule has 6 heteroatoms. The number of pyridine rings is 1. The summed E-state index contributed by atoms with van der Waals surface area (Å²) in [6.07, 6.45) is 12.5. The number of fused-ring (bicyclic) bond motifs is 2. The molecule has 178 valence electrons. The summed E-state index contributed by atoms with van der Waals surface area (Å²) in [5.41, 5.74) is 3.63. The van der Waals surface area contributed by atoms with Crippen molar-refractivity contribution >= 4 is 47.2 Å². The molecule has 0 amide bonds. The standard InChI is InChI=1S/C28H33N2O2PS/c1-18-13-14-29(4)27(31)21(18)11-12-25-28(2,3)22-17-24-19(16-26(33(24)5)34(6)32)15-23(22)30(25)20-9-7-8-10-20/h11-17,20H,1,7-10H2,2-6H3/b21-11-,25-12+. The Morgan fingerprint density at radius 2 is 1.88 bits per heavy atom. The van der Waals surface area contributed by atoms with Gasteiger partial charge in [0.2, 0.25) is 0 Å². The third-order valence-corrected chi connectivity index (χ3v) is 11.9. The number of aryl methyl sites for hydroxylation is 2. The predicted molar refractivity (Wildman–Crippen MR) is 147 cm³/mol. The molecule has 0 N–H and O–H groups in total. The Kier molecular flexibility index (Phi) is 5.77. The van der Waals surface area contributed by atoms with Gasteiger partial charge in [-0.1, -0.05) is 33.3 Å². The fourth-order valence-electron chi connectivity index (χ4n) is 5.76. The van der Waals surface area contributed by atoms with Crippen molar-refractivity contribution in [2.24, 2.45) is 13.7 Å². The fourth-order valence-corrected chi connectivity index (χ4v) is 9.30. The monoisotopic (exact) mass is 492 g/mol. The maximum atomic E-state index is 12.8. The molecule has 2 aromatic heterocycles. The molecule has 0 radical (unpaired) electrons. The summed E-state index contributed by atoms with van der Waals surface area (Å²) < 4.78 is 15.0. The fraction of sp³-hybridized carbons (Fsp3) is 0.393. The van der Waals surface area contributed by atoms with E-state index in [9.17, 15) is 9.00 Å². The van der Waals surface area contributed by atoms with Crippen LogP contribution < -0.4 is 20.9 Å². The zero-order valence-corrected chi connectivity index (χ0v) is 22.4. The molecule has 2 aliphatic rings. The van der Waals surface area contributed by atoms with Gasteiger partial charge in [-0.3, -0.25) is 9.00 Å². The molecule has 1 fully saturated rings. The van der Waals surface area contributed by atoms with Crippen molar-refractivity contribution in [2.75, 3.05) is 11.2 Å². The van der Waals surface area contributed by atoms with Crippen molar-refractivity contribution in [3.8, 4) is 0 Å². The van der Waals surface area contributed by atoms with Gasteiger partial charge in [0, 0.05) is 52.7 Å². The lowest BCUT2D eigenvalue weighted by Crippen LogP contribution is -2.43. The summed E-state index contributed by atoms with van der Waals surface area (Å²) in [5.74, 6) is 0. The third kappa shape index (κ3) is 3.56. The summed E-state index contributed by atoms with van der Waals surface area (Å²) in [6, 6.07) is 9.23. The second kappa shape index (κ2) is 8.39. The number of rotatable bonds is 3. The van der Waals surface area contributed by atoms with E-state index in [1.807, 2.05) is 12.1 Å². The van der Waals surface area contributed by atoms with Crippen LogP contribution in [0.25, 0.3) is 23.2 Å². The molecule has 4 nitrogen and oxygen atoms in total. The van der Waals surface area contributed by atoms with E-state index in [0.29, 0.717) is 11.3 Å². The number of benzene rings is 1. The van der Waals surface area contributed by atoms with Crippen molar-refractivity contribution in [3.05, 3.63) is 68.6 Å². The predicted octanol–water partition coefficient (Wildman–Crippen LogP) is 4.61. The van der Waals surface area contributed by atoms with Gasteiger partial charge >= 0.3 is 0 Å². The summed E-state index contributed by atoms with van der Waals surface area (Å²) in [7, 11) is 0.276. The smallest absolute Gasteiger partial charge is 0.258 e. The van der Waals surface area contributed by atoms with E-state index in [-0.39, 0.29) is 11.0 Å². The molecule has 1 aromatic carbocycles. The zero-order chi connectivity index (χ0) is 24.4. The van der Waals surface area contributed by atoms with Crippen LogP contribution in [-0.4, -0.2) is 21.1 Å². The molecule has 0 spiro atoms. The van der Waals surface area contributed by atoms with E-state index in [2.05, 4.69) is 56.3 Å². The molecule has 1 saturated carbocycles. The van der Waals surface area contributed by atoms with Crippen molar-refractivity contribution < 1.29 is 4.21 Å². The van der Waals surface area contributed by atoms with Gasteiger partial charge in [0.25, 0.3) is 5.56 Å². The summed E-state index contributed by atoms with van der Waals surface area (Å²) in [6.45, 7) is 10.9. The molecule has 1 aliphatic carbocycles. The summed E-state index contributed by atoms with van der Waals surface area (Å²) in [5, 5.41) is 3.95. The average molecular weight is 493 g/mol. The van der Waals surface area contributed by atoms with Crippen LogP contribution in [0.5, 0.6) is 0 Å². The average Bonchev–Trinajstić information content (AvgIpc) is 3.47. The maximum absolute atomic E-state index is 12.8. The molecule has 3 aromatic rings. The van der Waals surface area contributed by atoms with Crippen LogP contribution >= 0.6 is 7.53 Å². The van der Waals surface area contributed by atoms with E-state index in [1.165, 1.54) is 53.1 Å². The molecule has 2 unspecified atom stereocenters. The second-order valence-electron chi connectivity index (χ2n) is 10.2. The molecule has 2 atom stereocenters. The van der Waals surface area contributed by atoms with Gasteiger partial charge in [0.1, 0.15) is 0 Å². The number of hydrogen-bond acceptors (Lipinski definition) is 3. The van der Waals surface area contributed by atoms with Crippen LogP contribution in [0.2, 0.25) is 0 Å². The van der Waals surface area contributed by atoms with Crippen molar-refractivity contribution in [1.82, 2.24) is 4.57 Å². The van der Waals surface area contributed by atoms with Gasteiger partial charge in [-0.05, 0) is 72.1 Å². The SMILES string of the molecule is C=c1ccn(C)c(=O)/c1=C\C=C1\N(C2CCCC2)c2cc3cc(S(C)=O)p(C)c3cc2C1(C)C. The number of nitrogens with zero attached hydrogens (tertiary/aromatic N) is 2. The molecule has 0 saturated heterocycles. The van der Waals surface area contributed by atoms with Crippen molar-refractivity contribution in [2.45, 2.75) is 55.6 Å². The number of aromatic nitrogens is 1. The molecular formula is C28H33N2O2PS. The van der Waals surface area contributed by atoms with E-state index in [4.69, 9.17) is 0 Å². The van der Waals surface area contributed by atoms with Crippen molar-refractivity contribution in [3.63, 3.8) is 0 Å². The first kappa shape index (κ1) is 23.4. The van der Waals surface area contributed by atoms with Gasteiger partial charge in [-0.25, -0.2) is 0 Å². The minimum atomic E-state index is -0.940. The Morgan fingerprint density at radius 1 is 1.18 bits per heavy atom. The molecule has 5 rings (SSSR count). The highest BCUT2D eigenvalue weighted by molar-refractivity contribution is 7.89. The first-order valence-corrected chi connectivity index (χ1v) is 15.3. The Labute approximate surface area is 204 Å². The van der Waals surface area contributed by atoms with Gasteiger partial charge < -0.3 is 9.47 Å². The van der Waals surface area contributed by atoms with Crippen LogP contribution in [0.1, 0.15) is 45.1 Å². The van der Waals surface area contributed by atoms with Crippen LogP contribution in [0.15, 0.2) is 51.7 Å². The highest BCUT2D eigenvalue weighted by Gasteiger charge is 2.43.